The molecule has 7 nitrogen and oxygen atoms in total. The van der Waals surface area contributed by atoms with E-state index in [9.17, 15) is 10.1 Å². The third-order valence-corrected chi connectivity index (χ3v) is 3.51. The normalized spacial score (nSPS) is 17.0. The van der Waals surface area contributed by atoms with Gasteiger partial charge in [-0.2, -0.15) is 0 Å². The molecular weight excluding hydrogens is 246 g/mol. The van der Waals surface area contributed by atoms with Crippen molar-refractivity contribution in [3.63, 3.8) is 0 Å². The van der Waals surface area contributed by atoms with Gasteiger partial charge >= 0.3 is 0 Å². The van der Waals surface area contributed by atoms with Crippen molar-refractivity contribution in [2.45, 2.75) is 0 Å². The zero-order valence-corrected chi connectivity index (χ0v) is 10.7. The van der Waals surface area contributed by atoms with Gasteiger partial charge in [0.25, 0.3) is 5.69 Å². The highest BCUT2D eigenvalue weighted by atomic mass is 16.6. The van der Waals surface area contributed by atoms with Gasteiger partial charge in [0.15, 0.2) is 0 Å². The molecule has 1 aliphatic rings. The van der Waals surface area contributed by atoms with Gasteiger partial charge < -0.3 is 9.91 Å². The Labute approximate surface area is 110 Å². The first kappa shape index (κ1) is 11.9. The Balaban J connectivity index is 1.95. The van der Waals surface area contributed by atoms with Crippen molar-refractivity contribution in [2.24, 2.45) is 0 Å². The molecule has 0 atom stereocenters. The molecule has 1 aromatic carbocycles. The average molecular weight is 261 g/mol. The molecule has 1 fully saturated rings. The van der Waals surface area contributed by atoms with E-state index in [1.54, 1.807) is 12.4 Å². The summed E-state index contributed by atoms with van der Waals surface area (Å²) in [5, 5.41) is 13.0. The molecule has 100 valence electrons. The Morgan fingerprint density at radius 3 is 2.68 bits per heavy atom. The van der Waals surface area contributed by atoms with Gasteiger partial charge in [-0.05, 0) is 13.1 Å². The third-order valence-electron chi connectivity index (χ3n) is 3.51. The van der Waals surface area contributed by atoms with E-state index in [-0.39, 0.29) is 5.69 Å². The predicted molar refractivity (Wildman–Crippen MR) is 71.8 cm³/mol. The van der Waals surface area contributed by atoms with Crippen LogP contribution in [0.5, 0.6) is 0 Å². The maximum Gasteiger partial charge on any atom is 0.271 e. The molecule has 0 amide bonds. The molecule has 1 aromatic heterocycles. The van der Waals surface area contributed by atoms with Crippen molar-refractivity contribution in [1.29, 1.82) is 0 Å². The van der Waals surface area contributed by atoms with Crippen LogP contribution >= 0.6 is 0 Å². The summed E-state index contributed by atoms with van der Waals surface area (Å²) in [6.07, 6.45) is 1.74. The first-order valence-electron chi connectivity index (χ1n) is 6.20. The van der Waals surface area contributed by atoms with E-state index < -0.39 is 4.92 Å². The lowest BCUT2D eigenvalue weighted by molar-refractivity contribution is -0.384. The standard InChI is InChI=1S/C12H15N5O2/c1-14-4-6-15(7-5-14)16-9-13-11-8-10(17(18)19)2-3-12(11)16/h2-3,8-9H,4-7H2,1H3. The Kier molecular flexibility index (Phi) is 2.83. The summed E-state index contributed by atoms with van der Waals surface area (Å²) in [6, 6.07) is 4.80. The van der Waals surface area contributed by atoms with E-state index >= 15 is 0 Å². The number of nitro groups is 1. The monoisotopic (exact) mass is 261 g/mol. The van der Waals surface area contributed by atoms with Crippen molar-refractivity contribution in [2.75, 3.05) is 38.2 Å². The van der Waals surface area contributed by atoms with Crippen LogP contribution in [-0.4, -0.2) is 52.7 Å². The van der Waals surface area contributed by atoms with Gasteiger partial charge in [-0.1, -0.05) is 0 Å². The maximum absolute atomic E-state index is 10.7. The molecular formula is C12H15N5O2. The topological polar surface area (TPSA) is 67.4 Å². The van der Waals surface area contributed by atoms with Gasteiger partial charge in [0.05, 0.1) is 16.0 Å². The fraction of sp³-hybridized carbons (Fsp3) is 0.417. The molecule has 0 radical (unpaired) electrons. The number of benzene rings is 1. The summed E-state index contributed by atoms with van der Waals surface area (Å²) in [5.41, 5.74) is 1.65. The zero-order valence-electron chi connectivity index (χ0n) is 10.7. The number of likely N-dealkylation sites (N-methyl/N-ethyl adjacent to an activating group) is 1. The molecule has 0 N–H and O–H groups in total. The Morgan fingerprint density at radius 1 is 1.26 bits per heavy atom. The number of hydrogen-bond donors (Lipinski definition) is 0. The molecule has 1 saturated heterocycles. The molecule has 0 bridgehead atoms. The predicted octanol–water partition coefficient (Wildman–Crippen LogP) is 0.828. The minimum absolute atomic E-state index is 0.0797. The lowest BCUT2D eigenvalue weighted by Gasteiger charge is -2.34. The van der Waals surface area contributed by atoms with E-state index in [0.717, 1.165) is 31.7 Å². The van der Waals surface area contributed by atoms with Crippen LogP contribution in [0, 0.1) is 10.1 Å². The SMILES string of the molecule is CN1CCN(n2cnc3cc([N+](=O)[O-])ccc32)CC1. The Hall–Kier alpha value is -2.15. The number of aromatic nitrogens is 2. The maximum atomic E-state index is 10.7. The lowest BCUT2D eigenvalue weighted by atomic mass is 10.3. The molecule has 2 aromatic rings. The number of hydrogen-bond acceptors (Lipinski definition) is 5. The second kappa shape index (κ2) is 4.51. The van der Waals surface area contributed by atoms with Crippen molar-refractivity contribution in [3.05, 3.63) is 34.6 Å². The average Bonchev–Trinajstić information content (AvgIpc) is 2.82. The van der Waals surface area contributed by atoms with E-state index in [1.807, 2.05) is 4.68 Å². The first-order chi connectivity index (χ1) is 9.15. The van der Waals surface area contributed by atoms with Gasteiger partial charge in [0, 0.05) is 38.3 Å². The van der Waals surface area contributed by atoms with E-state index in [2.05, 4.69) is 21.9 Å². The molecule has 7 heteroatoms. The minimum Gasteiger partial charge on any atom is -0.309 e. The van der Waals surface area contributed by atoms with Crippen LogP contribution in [0.2, 0.25) is 0 Å². The van der Waals surface area contributed by atoms with Crippen LogP contribution in [0.1, 0.15) is 0 Å². The Morgan fingerprint density at radius 2 is 2.00 bits per heavy atom. The van der Waals surface area contributed by atoms with Crippen LogP contribution in [0.3, 0.4) is 0 Å². The third kappa shape index (κ3) is 2.12. The minimum atomic E-state index is -0.395. The fourth-order valence-electron chi connectivity index (χ4n) is 2.34. The summed E-state index contributed by atoms with van der Waals surface area (Å²) in [5.74, 6) is 0. The molecule has 2 heterocycles. The van der Waals surface area contributed by atoms with Crippen LogP contribution in [-0.2, 0) is 0 Å². The quantitative estimate of drug-likeness (QED) is 0.591. The number of imidazole rings is 1. The fourth-order valence-corrected chi connectivity index (χ4v) is 2.34. The molecule has 0 spiro atoms. The zero-order chi connectivity index (χ0) is 13.4. The number of piperazine rings is 1. The molecule has 3 rings (SSSR count). The van der Waals surface area contributed by atoms with Gasteiger partial charge in [-0.15, -0.1) is 0 Å². The van der Waals surface area contributed by atoms with Crippen LogP contribution in [0.4, 0.5) is 5.69 Å². The smallest absolute Gasteiger partial charge is 0.271 e. The second-order valence-electron chi connectivity index (χ2n) is 4.78. The van der Waals surface area contributed by atoms with Crippen molar-refractivity contribution in [1.82, 2.24) is 14.6 Å². The summed E-state index contributed by atoms with van der Waals surface area (Å²) in [4.78, 5) is 16.9. The van der Waals surface area contributed by atoms with Crippen LogP contribution in [0.25, 0.3) is 11.0 Å². The first-order valence-corrected chi connectivity index (χ1v) is 6.20. The Bertz CT molecular complexity index is 616. The molecule has 19 heavy (non-hydrogen) atoms. The number of non-ortho nitro benzene ring substituents is 1. The highest BCUT2D eigenvalue weighted by molar-refractivity contribution is 5.78. The molecule has 1 aliphatic heterocycles. The highest BCUT2D eigenvalue weighted by Gasteiger charge is 2.17. The highest BCUT2D eigenvalue weighted by Crippen LogP contribution is 2.20. The number of nitrogens with zero attached hydrogens (tertiary/aromatic N) is 5. The number of rotatable bonds is 2. The summed E-state index contributed by atoms with van der Waals surface area (Å²) < 4.78 is 1.99. The summed E-state index contributed by atoms with van der Waals surface area (Å²) >= 11 is 0. The van der Waals surface area contributed by atoms with Crippen molar-refractivity contribution in [3.8, 4) is 0 Å². The number of fused-ring (bicyclic) bond motifs is 1. The summed E-state index contributed by atoms with van der Waals surface area (Å²) in [6.45, 7) is 3.87. The molecule has 0 saturated carbocycles. The van der Waals surface area contributed by atoms with Crippen molar-refractivity contribution < 1.29 is 4.92 Å². The van der Waals surface area contributed by atoms with Gasteiger partial charge in [0.2, 0.25) is 0 Å². The van der Waals surface area contributed by atoms with Crippen LogP contribution in [0.15, 0.2) is 24.5 Å². The van der Waals surface area contributed by atoms with Gasteiger partial charge in [-0.3, -0.25) is 10.1 Å². The van der Waals surface area contributed by atoms with E-state index in [1.165, 1.54) is 12.1 Å². The lowest BCUT2D eigenvalue weighted by Crippen LogP contribution is -2.49. The largest absolute Gasteiger partial charge is 0.309 e. The molecule has 0 aliphatic carbocycles. The van der Waals surface area contributed by atoms with E-state index in [0.29, 0.717) is 5.52 Å². The van der Waals surface area contributed by atoms with E-state index in [4.69, 9.17) is 0 Å². The second-order valence-corrected chi connectivity index (χ2v) is 4.78. The summed E-state index contributed by atoms with van der Waals surface area (Å²) in [7, 11) is 2.10. The number of nitro benzene ring substituents is 1. The van der Waals surface area contributed by atoms with Crippen LogP contribution < -0.4 is 5.01 Å². The molecule has 0 unspecified atom stereocenters. The van der Waals surface area contributed by atoms with Gasteiger partial charge in [-0.25, -0.2) is 9.66 Å². The van der Waals surface area contributed by atoms with Gasteiger partial charge in [0.1, 0.15) is 6.33 Å². The van der Waals surface area contributed by atoms with Crippen molar-refractivity contribution >= 4 is 16.7 Å².